The first-order valence-corrected chi connectivity index (χ1v) is 8.14. The van der Waals surface area contributed by atoms with Gasteiger partial charge >= 0.3 is 0 Å². The quantitative estimate of drug-likeness (QED) is 0.912. The number of carbonyl (C=O) groups excluding carboxylic acids is 2. The van der Waals surface area contributed by atoms with Gasteiger partial charge in [0.2, 0.25) is 11.8 Å². The van der Waals surface area contributed by atoms with Gasteiger partial charge in [0.15, 0.2) is 0 Å². The molecule has 3 rings (SSSR count). The summed E-state index contributed by atoms with van der Waals surface area (Å²) in [6.07, 6.45) is 4.68. The molecular weight excluding hydrogens is 296 g/mol. The highest BCUT2D eigenvalue weighted by atomic mass is 35.5. The van der Waals surface area contributed by atoms with Crippen LogP contribution in [0.15, 0.2) is 12.1 Å². The van der Waals surface area contributed by atoms with E-state index in [-0.39, 0.29) is 18.4 Å². The Morgan fingerprint density at radius 2 is 2.00 bits per heavy atom. The minimum atomic E-state index is -0.635. The average Bonchev–Trinajstić information content (AvgIpc) is 2.86. The summed E-state index contributed by atoms with van der Waals surface area (Å²) in [6, 6.07) is 3.77. The summed E-state index contributed by atoms with van der Waals surface area (Å²) in [6.45, 7) is 0.601. The molecule has 0 radical (unpaired) electrons. The van der Waals surface area contributed by atoms with E-state index in [2.05, 4.69) is 5.32 Å². The van der Waals surface area contributed by atoms with Gasteiger partial charge in [0.25, 0.3) is 0 Å². The SMILES string of the molecule is O=C1CNC(=O)C2(CCCCC2)N1Cc1ccc(Cl)s1. The largest absolute Gasteiger partial charge is 0.345 e. The first-order chi connectivity index (χ1) is 9.62. The standard InChI is InChI=1S/C14H17ClN2O2S/c15-11-5-4-10(20-11)9-17-12(18)8-16-13(19)14(17)6-2-1-3-7-14/h4-5H,1-3,6-9H2,(H,16,19). The zero-order valence-corrected chi connectivity index (χ0v) is 12.7. The van der Waals surface area contributed by atoms with Crippen molar-refractivity contribution in [3.05, 3.63) is 21.3 Å². The summed E-state index contributed by atoms with van der Waals surface area (Å²) in [5.41, 5.74) is -0.635. The molecule has 1 spiro atoms. The highest BCUT2D eigenvalue weighted by Crippen LogP contribution is 2.37. The third kappa shape index (κ3) is 2.33. The zero-order chi connectivity index (χ0) is 14.2. The van der Waals surface area contributed by atoms with Gasteiger partial charge in [0, 0.05) is 4.88 Å². The Hall–Kier alpha value is -1.07. The second-order valence-electron chi connectivity index (χ2n) is 5.46. The fraction of sp³-hybridized carbons (Fsp3) is 0.571. The fourth-order valence-electron chi connectivity index (χ4n) is 3.24. The van der Waals surface area contributed by atoms with Crippen molar-refractivity contribution in [2.24, 2.45) is 0 Å². The van der Waals surface area contributed by atoms with Crippen molar-refractivity contribution in [3.8, 4) is 0 Å². The van der Waals surface area contributed by atoms with Gasteiger partial charge in [-0.25, -0.2) is 0 Å². The summed E-state index contributed by atoms with van der Waals surface area (Å²) >= 11 is 7.43. The number of hydrogen-bond acceptors (Lipinski definition) is 3. The summed E-state index contributed by atoms with van der Waals surface area (Å²) in [5, 5.41) is 2.76. The van der Waals surface area contributed by atoms with E-state index in [0.29, 0.717) is 10.9 Å². The van der Waals surface area contributed by atoms with Crippen molar-refractivity contribution in [3.63, 3.8) is 0 Å². The molecule has 1 aliphatic carbocycles. The van der Waals surface area contributed by atoms with Crippen LogP contribution in [-0.4, -0.2) is 28.8 Å². The fourth-order valence-corrected chi connectivity index (χ4v) is 4.32. The van der Waals surface area contributed by atoms with Crippen LogP contribution in [0.25, 0.3) is 0 Å². The highest BCUT2D eigenvalue weighted by molar-refractivity contribution is 7.16. The average molecular weight is 313 g/mol. The number of piperazine rings is 1. The molecule has 0 atom stereocenters. The molecule has 0 bridgehead atoms. The van der Waals surface area contributed by atoms with Crippen LogP contribution in [0.3, 0.4) is 0 Å². The summed E-state index contributed by atoms with van der Waals surface area (Å²) in [5.74, 6) is 0.0236. The Bertz CT molecular complexity index is 537. The molecule has 0 aromatic carbocycles. The lowest BCUT2D eigenvalue weighted by Crippen LogP contribution is -2.67. The Labute approximate surface area is 127 Å². The molecule has 1 aromatic heterocycles. The maximum absolute atomic E-state index is 12.4. The zero-order valence-electron chi connectivity index (χ0n) is 11.2. The predicted octanol–water partition coefficient (Wildman–Crippen LogP) is 2.56. The van der Waals surface area contributed by atoms with Gasteiger partial charge in [-0.1, -0.05) is 30.9 Å². The second-order valence-corrected chi connectivity index (χ2v) is 7.26. The van der Waals surface area contributed by atoms with Crippen molar-refractivity contribution in [2.45, 2.75) is 44.2 Å². The molecule has 2 heterocycles. The second kappa shape index (κ2) is 5.37. The van der Waals surface area contributed by atoms with Crippen molar-refractivity contribution < 1.29 is 9.59 Å². The molecule has 1 saturated carbocycles. The number of nitrogens with zero attached hydrogens (tertiary/aromatic N) is 1. The van der Waals surface area contributed by atoms with E-state index in [9.17, 15) is 9.59 Å². The molecule has 0 unspecified atom stereocenters. The lowest BCUT2D eigenvalue weighted by molar-refractivity contribution is -0.157. The predicted molar refractivity (Wildman–Crippen MR) is 78.7 cm³/mol. The summed E-state index contributed by atoms with van der Waals surface area (Å²) in [7, 11) is 0. The first-order valence-electron chi connectivity index (χ1n) is 6.95. The van der Waals surface area contributed by atoms with Crippen LogP contribution in [0.1, 0.15) is 37.0 Å². The Morgan fingerprint density at radius 3 is 2.65 bits per heavy atom. The minimum Gasteiger partial charge on any atom is -0.345 e. The van der Waals surface area contributed by atoms with E-state index >= 15 is 0 Å². The number of rotatable bonds is 2. The van der Waals surface area contributed by atoms with Gasteiger partial charge in [-0.15, -0.1) is 11.3 Å². The summed E-state index contributed by atoms with van der Waals surface area (Å²) in [4.78, 5) is 27.5. The van der Waals surface area contributed by atoms with E-state index in [4.69, 9.17) is 11.6 Å². The van der Waals surface area contributed by atoms with Crippen molar-refractivity contribution in [1.29, 1.82) is 0 Å². The van der Waals surface area contributed by atoms with E-state index in [0.717, 1.165) is 37.0 Å². The number of amides is 2. The maximum atomic E-state index is 12.4. The molecule has 2 fully saturated rings. The van der Waals surface area contributed by atoms with E-state index in [1.807, 2.05) is 12.1 Å². The lowest BCUT2D eigenvalue weighted by atomic mass is 9.78. The van der Waals surface area contributed by atoms with Crippen LogP contribution in [0.5, 0.6) is 0 Å². The Balaban J connectivity index is 1.90. The van der Waals surface area contributed by atoms with Gasteiger partial charge in [-0.3, -0.25) is 9.59 Å². The van der Waals surface area contributed by atoms with Gasteiger partial charge in [-0.05, 0) is 25.0 Å². The van der Waals surface area contributed by atoms with Gasteiger partial charge in [-0.2, -0.15) is 0 Å². The molecule has 1 N–H and O–H groups in total. The first kappa shape index (κ1) is 13.9. The molecule has 2 aliphatic rings. The number of thiophene rings is 1. The molecule has 6 heteroatoms. The molecule has 1 aliphatic heterocycles. The topological polar surface area (TPSA) is 49.4 Å². The van der Waals surface area contributed by atoms with Crippen LogP contribution < -0.4 is 5.32 Å². The third-order valence-corrected chi connectivity index (χ3v) is 5.48. The normalized spacial score (nSPS) is 22.1. The highest BCUT2D eigenvalue weighted by Gasteiger charge is 2.49. The van der Waals surface area contributed by atoms with E-state index in [1.165, 1.54) is 11.3 Å². The molecule has 1 aromatic rings. The van der Waals surface area contributed by atoms with Crippen LogP contribution in [0.2, 0.25) is 4.34 Å². The smallest absolute Gasteiger partial charge is 0.246 e. The molecule has 4 nitrogen and oxygen atoms in total. The Kier molecular flexibility index (Phi) is 3.73. The van der Waals surface area contributed by atoms with Crippen LogP contribution in [0.4, 0.5) is 0 Å². The lowest BCUT2D eigenvalue weighted by Gasteiger charge is -2.47. The van der Waals surface area contributed by atoms with Crippen molar-refractivity contribution in [2.75, 3.05) is 6.54 Å². The third-order valence-electron chi connectivity index (χ3n) is 4.26. The van der Waals surface area contributed by atoms with Crippen LogP contribution in [0, 0.1) is 0 Å². The molecule has 108 valence electrons. The Morgan fingerprint density at radius 1 is 1.25 bits per heavy atom. The molecular formula is C14H17ClN2O2S. The number of halogens is 1. The van der Waals surface area contributed by atoms with Crippen LogP contribution >= 0.6 is 22.9 Å². The molecule has 2 amide bonds. The number of nitrogens with one attached hydrogen (secondary N) is 1. The number of hydrogen-bond donors (Lipinski definition) is 1. The molecule has 1 saturated heterocycles. The van der Waals surface area contributed by atoms with Gasteiger partial charge in [0.05, 0.1) is 17.4 Å². The van der Waals surface area contributed by atoms with Crippen molar-refractivity contribution in [1.82, 2.24) is 10.2 Å². The van der Waals surface area contributed by atoms with Crippen LogP contribution in [-0.2, 0) is 16.1 Å². The monoisotopic (exact) mass is 312 g/mol. The maximum Gasteiger partial charge on any atom is 0.246 e. The molecule has 20 heavy (non-hydrogen) atoms. The van der Waals surface area contributed by atoms with Gasteiger partial charge in [0.1, 0.15) is 5.54 Å². The summed E-state index contributed by atoms with van der Waals surface area (Å²) < 4.78 is 0.714. The number of carbonyl (C=O) groups is 2. The van der Waals surface area contributed by atoms with E-state index < -0.39 is 5.54 Å². The van der Waals surface area contributed by atoms with Gasteiger partial charge < -0.3 is 10.2 Å². The minimum absolute atomic E-state index is 0.0102. The van der Waals surface area contributed by atoms with Crippen molar-refractivity contribution >= 4 is 34.8 Å². The van der Waals surface area contributed by atoms with E-state index in [1.54, 1.807) is 4.90 Å².